The molecule has 0 aromatic heterocycles. The Kier molecular flexibility index (Phi) is 6.68. The first-order valence-corrected chi connectivity index (χ1v) is 9.69. The number of carbonyl (C=O) groups is 2. The van der Waals surface area contributed by atoms with Crippen molar-refractivity contribution in [2.24, 2.45) is 11.8 Å². The smallest absolute Gasteiger partial charge is 0.319 e. The highest BCUT2D eigenvalue weighted by molar-refractivity contribution is 5.93. The van der Waals surface area contributed by atoms with E-state index < -0.39 is 6.04 Å². The number of amides is 3. The summed E-state index contributed by atoms with van der Waals surface area (Å²) in [5, 5.41) is 5.61. The summed E-state index contributed by atoms with van der Waals surface area (Å²) < 4.78 is 11.2. The van der Waals surface area contributed by atoms with Gasteiger partial charge in [0.05, 0.1) is 13.2 Å². The van der Waals surface area contributed by atoms with E-state index in [1.54, 1.807) is 0 Å². The molecule has 27 heavy (non-hydrogen) atoms. The van der Waals surface area contributed by atoms with Crippen molar-refractivity contribution in [2.45, 2.75) is 39.0 Å². The standard InChI is InChI=1S/C20H29N3O4/c1-14(2)17(22-20(25)21-16-6-4-3-5-7-16)18(24)23-10-8-15(9-11-23)19-26-12-13-27-19/h3-7,14-15,17,19H,8-13H2,1-2H3,(H2,21,22,25). The number of para-hydroxylation sites is 1. The van der Waals surface area contributed by atoms with Gasteiger partial charge in [-0.2, -0.15) is 0 Å². The van der Waals surface area contributed by atoms with Gasteiger partial charge in [-0.1, -0.05) is 32.0 Å². The molecule has 0 saturated carbocycles. The van der Waals surface area contributed by atoms with E-state index in [0.717, 1.165) is 12.8 Å². The minimum Gasteiger partial charge on any atom is -0.350 e. The molecule has 3 amide bonds. The molecule has 148 valence electrons. The van der Waals surface area contributed by atoms with Gasteiger partial charge < -0.3 is 25.0 Å². The summed E-state index contributed by atoms with van der Waals surface area (Å²) in [6.07, 6.45) is 1.59. The number of rotatable bonds is 5. The Hall–Kier alpha value is -2.12. The largest absolute Gasteiger partial charge is 0.350 e. The summed E-state index contributed by atoms with van der Waals surface area (Å²) >= 11 is 0. The van der Waals surface area contributed by atoms with Crippen molar-refractivity contribution in [3.8, 4) is 0 Å². The lowest BCUT2D eigenvalue weighted by Crippen LogP contribution is -2.54. The van der Waals surface area contributed by atoms with Crippen LogP contribution in [0.15, 0.2) is 30.3 Å². The molecule has 7 heteroatoms. The second-order valence-electron chi connectivity index (χ2n) is 7.46. The molecule has 2 saturated heterocycles. The number of piperidine rings is 1. The third-order valence-electron chi connectivity index (χ3n) is 5.13. The normalized spacial score (nSPS) is 19.9. The van der Waals surface area contributed by atoms with Crippen molar-refractivity contribution in [1.29, 1.82) is 0 Å². The number of carbonyl (C=O) groups excluding carboxylic acids is 2. The summed E-state index contributed by atoms with van der Waals surface area (Å²) in [4.78, 5) is 27.1. The topological polar surface area (TPSA) is 79.9 Å². The highest BCUT2D eigenvalue weighted by Gasteiger charge is 2.35. The van der Waals surface area contributed by atoms with E-state index in [0.29, 0.717) is 37.9 Å². The SMILES string of the molecule is CC(C)C(NC(=O)Nc1ccccc1)C(=O)N1CCC(C2OCCO2)CC1. The van der Waals surface area contributed by atoms with E-state index in [4.69, 9.17) is 9.47 Å². The number of nitrogens with one attached hydrogen (secondary N) is 2. The Morgan fingerprint density at radius 1 is 1.07 bits per heavy atom. The number of ether oxygens (including phenoxy) is 2. The van der Waals surface area contributed by atoms with Crippen LogP contribution in [0.4, 0.5) is 10.5 Å². The molecule has 1 atom stereocenters. The van der Waals surface area contributed by atoms with Crippen molar-refractivity contribution in [3.63, 3.8) is 0 Å². The van der Waals surface area contributed by atoms with E-state index in [9.17, 15) is 9.59 Å². The fraction of sp³-hybridized carbons (Fsp3) is 0.600. The summed E-state index contributed by atoms with van der Waals surface area (Å²) in [7, 11) is 0. The van der Waals surface area contributed by atoms with E-state index >= 15 is 0 Å². The molecule has 2 aliphatic heterocycles. The van der Waals surface area contributed by atoms with E-state index in [2.05, 4.69) is 10.6 Å². The molecule has 1 unspecified atom stereocenters. The Morgan fingerprint density at radius 2 is 1.70 bits per heavy atom. The summed E-state index contributed by atoms with van der Waals surface area (Å²) in [6, 6.07) is 8.29. The summed E-state index contributed by atoms with van der Waals surface area (Å²) in [6.45, 7) is 6.52. The third-order valence-corrected chi connectivity index (χ3v) is 5.13. The van der Waals surface area contributed by atoms with Crippen LogP contribution in [0.25, 0.3) is 0 Å². The highest BCUT2D eigenvalue weighted by atomic mass is 16.7. The monoisotopic (exact) mass is 375 g/mol. The van der Waals surface area contributed by atoms with Crippen LogP contribution in [-0.2, 0) is 14.3 Å². The lowest BCUT2D eigenvalue weighted by molar-refractivity contribution is -0.139. The summed E-state index contributed by atoms with van der Waals surface area (Å²) in [5.74, 6) is 0.307. The minimum atomic E-state index is -0.552. The van der Waals surface area contributed by atoms with E-state index in [-0.39, 0.29) is 24.1 Å². The van der Waals surface area contributed by atoms with Gasteiger partial charge in [0, 0.05) is 24.7 Å². The second kappa shape index (κ2) is 9.19. The van der Waals surface area contributed by atoms with Gasteiger partial charge in [0.25, 0.3) is 0 Å². The van der Waals surface area contributed by atoms with Crippen LogP contribution in [0.1, 0.15) is 26.7 Å². The third kappa shape index (κ3) is 5.20. The van der Waals surface area contributed by atoms with Crippen molar-refractivity contribution in [1.82, 2.24) is 10.2 Å². The Labute approximate surface area is 160 Å². The molecule has 1 aromatic rings. The average molecular weight is 375 g/mol. The van der Waals surface area contributed by atoms with Crippen LogP contribution in [-0.4, -0.2) is 55.5 Å². The van der Waals surface area contributed by atoms with Crippen molar-refractivity contribution in [3.05, 3.63) is 30.3 Å². The van der Waals surface area contributed by atoms with Crippen LogP contribution in [0, 0.1) is 11.8 Å². The molecule has 0 bridgehead atoms. The molecule has 3 rings (SSSR count). The van der Waals surface area contributed by atoms with Crippen molar-refractivity contribution >= 4 is 17.6 Å². The van der Waals surface area contributed by atoms with Gasteiger partial charge in [-0.15, -0.1) is 0 Å². The lowest BCUT2D eigenvalue weighted by Gasteiger charge is -2.36. The fourth-order valence-corrected chi connectivity index (χ4v) is 3.58. The number of anilines is 1. The maximum atomic E-state index is 13.0. The molecule has 2 fully saturated rings. The quantitative estimate of drug-likeness (QED) is 0.828. The molecule has 0 radical (unpaired) electrons. The zero-order valence-electron chi connectivity index (χ0n) is 16.0. The second-order valence-corrected chi connectivity index (χ2v) is 7.46. The average Bonchev–Trinajstić information content (AvgIpc) is 3.21. The Morgan fingerprint density at radius 3 is 2.30 bits per heavy atom. The number of nitrogens with zero attached hydrogens (tertiary/aromatic N) is 1. The molecular formula is C20H29N3O4. The number of benzene rings is 1. The van der Waals surface area contributed by atoms with Gasteiger partial charge in [0.2, 0.25) is 5.91 Å². The predicted molar refractivity (Wildman–Crippen MR) is 102 cm³/mol. The number of hydrogen-bond donors (Lipinski definition) is 2. The summed E-state index contributed by atoms with van der Waals surface area (Å²) in [5.41, 5.74) is 0.697. The number of urea groups is 1. The molecule has 0 spiro atoms. The first-order valence-electron chi connectivity index (χ1n) is 9.69. The van der Waals surface area contributed by atoms with Gasteiger partial charge in [-0.05, 0) is 30.9 Å². The predicted octanol–water partition coefficient (Wildman–Crippen LogP) is 2.44. The van der Waals surface area contributed by atoms with Crippen molar-refractivity contribution < 1.29 is 19.1 Å². The first kappa shape index (κ1) is 19.6. The van der Waals surface area contributed by atoms with Crippen LogP contribution in [0.3, 0.4) is 0 Å². The maximum Gasteiger partial charge on any atom is 0.319 e. The van der Waals surface area contributed by atoms with E-state index in [1.807, 2.05) is 49.1 Å². The van der Waals surface area contributed by atoms with Gasteiger partial charge in [0.1, 0.15) is 6.04 Å². The zero-order chi connectivity index (χ0) is 19.2. The molecule has 1 aromatic carbocycles. The molecule has 0 aliphatic carbocycles. The zero-order valence-corrected chi connectivity index (χ0v) is 16.0. The van der Waals surface area contributed by atoms with Crippen LogP contribution in [0.2, 0.25) is 0 Å². The van der Waals surface area contributed by atoms with E-state index in [1.165, 1.54) is 0 Å². The van der Waals surface area contributed by atoms with Crippen molar-refractivity contribution in [2.75, 3.05) is 31.6 Å². The lowest BCUT2D eigenvalue weighted by atomic mass is 9.94. The maximum absolute atomic E-state index is 13.0. The van der Waals surface area contributed by atoms with Crippen LogP contribution >= 0.6 is 0 Å². The van der Waals surface area contributed by atoms with Crippen LogP contribution in [0.5, 0.6) is 0 Å². The molecular weight excluding hydrogens is 346 g/mol. The molecule has 2 heterocycles. The van der Waals surface area contributed by atoms with Gasteiger partial charge in [0.15, 0.2) is 6.29 Å². The Bertz CT molecular complexity index is 623. The minimum absolute atomic E-state index is 0.00162. The Balaban J connectivity index is 1.53. The van der Waals surface area contributed by atoms with Gasteiger partial charge >= 0.3 is 6.03 Å². The molecule has 2 N–H and O–H groups in total. The van der Waals surface area contributed by atoms with Gasteiger partial charge in [-0.3, -0.25) is 4.79 Å². The first-order chi connectivity index (χ1) is 13.0. The number of likely N-dealkylation sites (tertiary alicyclic amines) is 1. The molecule has 2 aliphatic rings. The fourth-order valence-electron chi connectivity index (χ4n) is 3.58. The van der Waals surface area contributed by atoms with Crippen LogP contribution < -0.4 is 10.6 Å². The highest BCUT2D eigenvalue weighted by Crippen LogP contribution is 2.26. The molecule has 7 nitrogen and oxygen atoms in total. The number of hydrogen-bond acceptors (Lipinski definition) is 4. The van der Waals surface area contributed by atoms with Gasteiger partial charge in [-0.25, -0.2) is 4.79 Å².